The summed E-state index contributed by atoms with van der Waals surface area (Å²) in [6, 6.07) is 17.5. The van der Waals surface area contributed by atoms with Gasteiger partial charge in [-0.1, -0.05) is 42.5 Å². The fourth-order valence-electron chi connectivity index (χ4n) is 1.85. The lowest BCUT2D eigenvalue weighted by Crippen LogP contribution is -2.01. The summed E-state index contributed by atoms with van der Waals surface area (Å²) in [4.78, 5) is 0. The van der Waals surface area contributed by atoms with Crippen LogP contribution in [0.3, 0.4) is 0 Å². The van der Waals surface area contributed by atoms with Crippen molar-refractivity contribution >= 4 is 0 Å². The summed E-state index contributed by atoms with van der Waals surface area (Å²) >= 11 is 0. The lowest BCUT2D eigenvalue weighted by Gasteiger charge is -2.14. The predicted molar refractivity (Wildman–Crippen MR) is 82.0 cm³/mol. The maximum atomic E-state index is 5.81. The molecule has 2 aromatic carbocycles. The van der Waals surface area contributed by atoms with Crippen molar-refractivity contribution in [1.29, 1.82) is 0 Å². The minimum atomic E-state index is -0.160. The molecule has 102 valence electrons. The highest BCUT2D eigenvalue weighted by molar-refractivity contribution is 5.35. The fraction of sp³-hybridized carbons (Fsp3) is 0.111. The minimum Gasteiger partial charge on any atom is -0.457 e. The summed E-state index contributed by atoms with van der Waals surface area (Å²) in [5.74, 6) is 1.59. The first-order chi connectivity index (χ1) is 9.83. The number of para-hydroxylation sites is 1. The van der Waals surface area contributed by atoms with Gasteiger partial charge >= 0.3 is 0 Å². The molecular formula is C18H18O2. The highest BCUT2D eigenvalue weighted by Crippen LogP contribution is 2.26. The summed E-state index contributed by atoms with van der Waals surface area (Å²) < 4.78 is 11.4. The number of hydrogen-bond donors (Lipinski definition) is 0. The average molecular weight is 266 g/mol. The van der Waals surface area contributed by atoms with Gasteiger partial charge in [0, 0.05) is 0 Å². The van der Waals surface area contributed by atoms with Crippen LogP contribution in [0, 0.1) is 0 Å². The average Bonchev–Trinajstić information content (AvgIpc) is 2.49. The molecule has 2 heteroatoms. The van der Waals surface area contributed by atoms with Crippen molar-refractivity contribution in [3.8, 4) is 11.5 Å². The summed E-state index contributed by atoms with van der Waals surface area (Å²) in [6.07, 6.45) is 3.33. The minimum absolute atomic E-state index is 0.160. The Hall–Kier alpha value is -2.32. The van der Waals surface area contributed by atoms with Crippen molar-refractivity contribution in [3.05, 3.63) is 85.5 Å². The first-order valence-electron chi connectivity index (χ1n) is 6.51. The van der Waals surface area contributed by atoms with Gasteiger partial charge in [-0.2, -0.15) is 0 Å². The lowest BCUT2D eigenvalue weighted by molar-refractivity contribution is 0.110. The Labute approximate surface area is 120 Å². The molecule has 0 aliphatic heterocycles. The standard InChI is InChI=1S/C18H18O2/c1-3-13-19-18(4-2)15-9-8-12-17(14-15)20-16-10-6-5-7-11-16/h3-12,14,18H,1-2,13H2. The molecule has 1 atom stereocenters. The number of benzene rings is 2. The zero-order chi connectivity index (χ0) is 14.2. The van der Waals surface area contributed by atoms with Crippen LogP contribution in [0.25, 0.3) is 0 Å². The zero-order valence-corrected chi connectivity index (χ0v) is 11.4. The van der Waals surface area contributed by atoms with Crippen LogP contribution in [0.15, 0.2) is 79.9 Å². The highest BCUT2D eigenvalue weighted by Gasteiger charge is 2.08. The van der Waals surface area contributed by atoms with E-state index in [0.29, 0.717) is 6.61 Å². The molecule has 0 aliphatic rings. The molecule has 0 heterocycles. The fourth-order valence-corrected chi connectivity index (χ4v) is 1.85. The van der Waals surface area contributed by atoms with Crippen molar-refractivity contribution in [2.24, 2.45) is 0 Å². The van der Waals surface area contributed by atoms with Crippen molar-refractivity contribution in [3.63, 3.8) is 0 Å². The van der Waals surface area contributed by atoms with Gasteiger partial charge in [-0.25, -0.2) is 0 Å². The van der Waals surface area contributed by atoms with Crippen LogP contribution >= 0.6 is 0 Å². The molecule has 2 nitrogen and oxygen atoms in total. The van der Waals surface area contributed by atoms with Crippen molar-refractivity contribution in [2.75, 3.05) is 6.61 Å². The third kappa shape index (κ3) is 3.84. The molecule has 20 heavy (non-hydrogen) atoms. The smallest absolute Gasteiger partial charge is 0.127 e. The van der Waals surface area contributed by atoms with Crippen LogP contribution < -0.4 is 4.74 Å². The zero-order valence-electron chi connectivity index (χ0n) is 11.4. The van der Waals surface area contributed by atoms with E-state index in [-0.39, 0.29) is 6.10 Å². The van der Waals surface area contributed by atoms with E-state index in [1.165, 1.54) is 0 Å². The van der Waals surface area contributed by atoms with Crippen LogP contribution in [0.2, 0.25) is 0 Å². The monoisotopic (exact) mass is 266 g/mol. The molecule has 2 aromatic rings. The maximum Gasteiger partial charge on any atom is 0.127 e. The van der Waals surface area contributed by atoms with Crippen LogP contribution in [0.4, 0.5) is 0 Å². The lowest BCUT2D eigenvalue weighted by atomic mass is 10.1. The summed E-state index contributed by atoms with van der Waals surface area (Å²) in [7, 11) is 0. The Morgan fingerprint density at radius 1 is 0.950 bits per heavy atom. The first-order valence-corrected chi connectivity index (χ1v) is 6.51. The maximum absolute atomic E-state index is 5.81. The second kappa shape index (κ2) is 7.31. The van der Waals surface area contributed by atoms with Gasteiger partial charge in [0.2, 0.25) is 0 Å². The molecule has 0 aliphatic carbocycles. The molecular weight excluding hydrogens is 248 g/mol. The molecule has 0 radical (unpaired) electrons. The second-order valence-corrected chi connectivity index (χ2v) is 4.27. The van der Waals surface area contributed by atoms with E-state index in [4.69, 9.17) is 9.47 Å². The molecule has 0 spiro atoms. The van der Waals surface area contributed by atoms with Crippen LogP contribution in [0.5, 0.6) is 11.5 Å². The topological polar surface area (TPSA) is 18.5 Å². The molecule has 0 fully saturated rings. The molecule has 0 N–H and O–H groups in total. The Kier molecular flexibility index (Phi) is 5.15. The number of ether oxygens (including phenoxy) is 2. The Morgan fingerprint density at radius 2 is 1.70 bits per heavy atom. The molecule has 0 saturated carbocycles. The normalized spacial score (nSPS) is 11.6. The van der Waals surface area contributed by atoms with Gasteiger partial charge < -0.3 is 9.47 Å². The second-order valence-electron chi connectivity index (χ2n) is 4.27. The molecule has 0 bridgehead atoms. The predicted octanol–water partition coefficient (Wildman–Crippen LogP) is 4.91. The summed E-state index contributed by atoms with van der Waals surface area (Å²) in [5.41, 5.74) is 1.01. The van der Waals surface area contributed by atoms with Crippen LogP contribution in [-0.2, 0) is 4.74 Å². The third-order valence-corrected chi connectivity index (χ3v) is 2.77. The Balaban J connectivity index is 2.14. The summed E-state index contributed by atoms with van der Waals surface area (Å²) in [6.45, 7) is 7.94. The van der Waals surface area contributed by atoms with E-state index in [1.807, 2.05) is 54.6 Å². The van der Waals surface area contributed by atoms with Crippen molar-refractivity contribution in [1.82, 2.24) is 0 Å². The Morgan fingerprint density at radius 3 is 2.40 bits per heavy atom. The molecule has 2 rings (SSSR count). The van der Waals surface area contributed by atoms with Gasteiger partial charge in [-0.3, -0.25) is 0 Å². The van der Waals surface area contributed by atoms with Crippen LogP contribution in [0.1, 0.15) is 11.7 Å². The van der Waals surface area contributed by atoms with E-state index in [1.54, 1.807) is 12.2 Å². The van der Waals surface area contributed by atoms with Gasteiger partial charge in [0.05, 0.1) is 6.61 Å². The van der Waals surface area contributed by atoms with E-state index in [9.17, 15) is 0 Å². The highest BCUT2D eigenvalue weighted by atomic mass is 16.5. The van der Waals surface area contributed by atoms with E-state index < -0.39 is 0 Å². The van der Waals surface area contributed by atoms with Crippen LogP contribution in [-0.4, -0.2) is 6.61 Å². The van der Waals surface area contributed by atoms with E-state index in [2.05, 4.69) is 13.2 Å². The SMILES string of the molecule is C=CCOC(C=C)c1cccc(Oc2ccccc2)c1. The molecule has 0 amide bonds. The van der Waals surface area contributed by atoms with E-state index >= 15 is 0 Å². The van der Waals surface area contributed by atoms with Gasteiger partial charge in [-0.05, 0) is 29.8 Å². The summed E-state index contributed by atoms with van der Waals surface area (Å²) in [5, 5.41) is 0. The molecule has 0 saturated heterocycles. The van der Waals surface area contributed by atoms with Crippen molar-refractivity contribution in [2.45, 2.75) is 6.10 Å². The first kappa shape index (κ1) is 14.1. The number of rotatable bonds is 7. The largest absolute Gasteiger partial charge is 0.457 e. The quantitative estimate of drug-likeness (QED) is 0.663. The Bertz CT molecular complexity index is 561. The third-order valence-electron chi connectivity index (χ3n) is 2.77. The molecule has 1 unspecified atom stereocenters. The number of hydrogen-bond acceptors (Lipinski definition) is 2. The van der Waals surface area contributed by atoms with Gasteiger partial charge in [-0.15, -0.1) is 13.2 Å². The van der Waals surface area contributed by atoms with Gasteiger partial charge in [0.15, 0.2) is 0 Å². The molecule has 0 aromatic heterocycles. The van der Waals surface area contributed by atoms with E-state index in [0.717, 1.165) is 17.1 Å². The van der Waals surface area contributed by atoms with Crippen molar-refractivity contribution < 1.29 is 9.47 Å². The van der Waals surface area contributed by atoms with Gasteiger partial charge in [0.1, 0.15) is 17.6 Å². The van der Waals surface area contributed by atoms with Gasteiger partial charge in [0.25, 0.3) is 0 Å².